The first kappa shape index (κ1) is 15.3. The predicted octanol–water partition coefficient (Wildman–Crippen LogP) is 4.18. The van der Waals surface area contributed by atoms with Gasteiger partial charge >= 0.3 is 0 Å². The van der Waals surface area contributed by atoms with Gasteiger partial charge in [0.05, 0.1) is 13.2 Å². The standard InChI is InChI=1S/C17H18O3S/c1-3-19-13-7-8-16(20-4-2)15(12-13)14(9-10-18)17-6-5-11-21-17/h5-12H,3-4H2,1-2H3. The fourth-order valence-corrected chi connectivity index (χ4v) is 2.83. The molecule has 0 atom stereocenters. The van der Waals surface area contributed by atoms with E-state index in [1.165, 1.54) is 0 Å². The lowest BCUT2D eigenvalue weighted by Gasteiger charge is -2.14. The molecule has 0 fully saturated rings. The van der Waals surface area contributed by atoms with Crippen LogP contribution in [0.3, 0.4) is 0 Å². The minimum absolute atomic E-state index is 0.569. The van der Waals surface area contributed by atoms with Crippen LogP contribution in [0.2, 0.25) is 0 Å². The van der Waals surface area contributed by atoms with Crippen LogP contribution in [0.15, 0.2) is 41.8 Å². The summed E-state index contributed by atoms with van der Waals surface area (Å²) in [4.78, 5) is 12.0. The van der Waals surface area contributed by atoms with Gasteiger partial charge in [0.15, 0.2) is 0 Å². The topological polar surface area (TPSA) is 35.5 Å². The van der Waals surface area contributed by atoms with Crippen molar-refractivity contribution in [3.05, 3.63) is 52.2 Å². The number of rotatable bonds is 7. The second-order valence-corrected chi connectivity index (χ2v) is 5.17. The first-order valence-electron chi connectivity index (χ1n) is 6.89. The Kier molecular flexibility index (Phi) is 5.58. The van der Waals surface area contributed by atoms with E-state index in [0.29, 0.717) is 13.2 Å². The number of carbonyl (C=O) groups is 1. The molecule has 0 radical (unpaired) electrons. The molecule has 0 amide bonds. The summed E-state index contributed by atoms with van der Waals surface area (Å²) in [6.45, 7) is 5.05. The van der Waals surface area contributed by atoms with Crippen LogP contribution >= 0.6 is 11.3 Å². The Morgan fingerprint density at radius 2 is 2.00 bits per heavy atom. The number of benzene rings is 1. The van der Waals surface area contributed by atoms with Gasteiger partial charge in [-0.2, -0.15) is 0 Å². The predicted molar refractivity (Wildman–Crippen MR) is 86.2 cm³/mol. The summed E-state index contributed by atoms with van der Waals surface area (Å²) < 4.78 is 11.2. The molecule has 0 saturated heterocycles. The van der Waals surface area contributed by atoms with Gasteiger partial charge in [-0.1, -0.05) is 6.07 Å². The van der Waals surface area contributed by atoms with E-state index < -0.39 is 0 Å². The largest absolute Gasteiger partial charge is 0.494 e. The molecule has 110 valence electrons. The van der Waals surface area contributed by atoms with Gasteiger partial charge in [0.1, 0.15) is 17.8 Å². The zero-order valence-electron chi connectivity index (χ0n) is 12.2. The van der Waals surface area contributed by atoms with E-state index in [1.807, 2.05) is 49.6 Å². The Labute approximate surface area is 128 Å². The number of ether oxygens (including phenoxy) is 2. The molecule has 2 aromatic rings. The highest BCUT2D eigenvalue weighted by molar-refractivity contribution is 7.11. The lowest BCUT2D eigenvalue weighted by molar-refractivity contribution is -0.104. The first-order valence-corrected chi connectivity index (χ1v) is 7.77. The van der Waals surface area contributed by atoms with Crippen molar-refractivity contribution in [3.63, 3.8) is 0 Å². The summed E-state index contributed by atoms with van der Waals surface area (Å²) in [5.74, 6) is 1.52. The van der Waals surface area contributed by atoms with Gasteiger partial charge in [0, 0.05) is 16.0 Å². The molecule has 21 heavy (non-hydrogen) atoms. The summed E-state index contributed by atoms with van der Waals surface area (Å²) in [6.07, 6.45) is 2.37. The van der Waals surface area contributed by atoms with E-state index >= 15 is 0 Å². The maximum Gasteiger partial charge on any atom is 0.143 e. The highest BCUT2D eigenvalue weighted by Crippen LogP contribution is 2.35. The Morgan fingerprint density at radius 3 is 2.62 bits per heavy atom. The summed E-state index contributed by atoms with van der Waals surface area (Å²) in [7, 11) is 0. The van der Waals surface area contributed by atoms with Crippen molar-refractivity contribution < 1.29 is 14.3 Å². The van der Waals surface area contributed by atoms with Gasteiger partial charge in [-0.3, -0.25) is 4.79 Å². The minimum Gasteiger partial charge on any atom is -0.494 e. The Bertz CT molecular complexity index is 615. The number of hydrogen-bond donors (Lipinski definition) is 0. The van der Waals surface area contributed by atoms with Crippen LogP contribution in [-0.4, -0.2) is 19.5 Å². The maximum absolute atomic E-state index is 11.0. The van der Waals surface area contributed by atoms with Gasteiger partial charge in [0.25, 0.3) is 0 Å². The lowest BCUT2D eigenvalue weighted by Crippen LogP contribution is -1.99. The van der Waals surface area contributed by atoms with Crippen LogP contribution in [-0.2, 0) is 4.79 Å². The highest BCUT2D eigenvalue weighted by Gasteiger charge is 2.13. The zero-order chi connectivity index (χ0) is 15.1. The van der Waals surface area contributed by atoms with Gasteiger partial charge in [0.2, 0.25) is 0 Å². The summed E-state index contributed by atoms with van der Waals surface area (Å²) >= 11 is 1.59. The molecule has 1 aromatic heterocycles. The minimum atomic E-state index is 0.569. The van der Waals surface area contributed by atoms with Crippen molar-refractivity contribution >= 4 is 23.2 Å². The molecule has 0 spiro atoms. The second kappa shape index (κ2) is 7.64. The quantitative estimate of drug-likeness (QED) is 0.568. The Balaban J connectivity index is 2.53. The Hall–Kier alpha value is -2.07. The van der Waals surface area contributed by atoms with Crippen molar-refractivity contribution in [2.75, 3.05) is 13.2 Å². The molecule has 0 bridgehead atoms. The molecule has 0 unspecified atom stereocenters. The van der Waals surface area contributed by atoms with Crippen LogP contribution in [0.25, 0.3) is 5.57 Å². The van der Waals surface area contributed by atoms with Crippen molar-refractivity contribution in [1.29, 1.82) is 0 Å². The molecular weight excluding hydrogens is 284 g/mol. The second-order valence-electron chi connectivity index (χ2n) is 4.22. The van der Waals surface area contributed by atoms with Gasteiger partial charge in [-0.15, -0.1) is 11.3 Å². The molecule has 0 saturated carbocycles. The maximum atomic E-state index is 11.0. The third-order valence-corrected chi connectivity index (χ3v) is 3.78. The van der Waals surface area contributed by atoms with Crippen LogP contribution in [0.5, 0.6) is 11.5 Å². The lowest BCUT2D eigenvalue weighted by atomic mass is 10.0. The summed E-state index contributed by atoms with van der Waals surface area (Å²) in [5.41, 5.74) is 1.72. The number of thiophene rings is 1. The van der Waals surface area contributed by atoms with E-state index in [2.05, 4.69) is 0 Å². The average molecular weight is 302 g/mol. The fourth-order valence-electron chi connectivity index (χ4n) is 2.06. The molecule has 0 aliphatic carbocycles. The zero-order valence-corrected chi connectivity index (χ0v) is 13.0. The molecule has 0 aliphatic heterocycles. The summed E-state index contributed by atoms with van der Waals surface area (Å²) in [5, 5.41) is 1.99. The number of aldehydes is 1. The SMILES string of the molecule is CCOc1ccc(OCC)c(C(=CC=O)c2cccs2)c1. The Morgan fingerprint density at radius 1 is 1.19 bits per heavy atom. The number of hydrogen-bond acceptors (Lipinski definition) is 4. The van der Waals surface area contributed by atoms with Gasteiger partial charge in [-0.25, -0.2) is 0 Å². The van der Waals surface area contributed by atoms with E-state index in [0.717, 1.165) is 33.8 Å². The van der Waals surface area contributed by atoms with Crippen LogP contribution in [0.1, 0.15) is 24.3 Å². The van der Waals surface area contributed by atoms with Crippen molar-refractivity contribution in [3.8, 4) is 11.5 Å². The van der Waals surface area contributed by atoms with Gasteiger partial charge < -0.3 is 9.47 Å². The normalized spacial score (nSPS) is 11.2. The van der Waals surface area contributed by atoms with E-state index in [1.54, 1.807) is 17.4 Å². The smallest absolute Gasteiger partial charge is 0.143 e. The van der Waals surface area contributed by atoms with Crippen molar-refractivity contribution in [2.45, 2.75) is 13.8 Å². The highest BCUT2D eigenvalue weighted by atomic mass is 32.1. The molecule has 1 heterocycles. The third kappa shape index (κ3) is 3.73. The number of carbonyl (C=O) groups excluding carboxylic acids is 1. The molecular formula is C17H18O3S. The molecule has 4 heteroatoms. The van der Waals surface area contributed by atoms with Gasteiger partial charge in [-0.05, 0) is 49.6 Å². The molecule has 0 aliphatic rings. The van der Waals surface area contributed by atoms with Crippen molar-refractivity contribution in [1.82, 2.24) is 0 Å². The van der Waals surface area contributed by atoms with Crippen LogP contribution < -0.4 is 9.47 Å². The van der Waals surface area contributed by atoms with Crippen LogP contribution in [0, 0.1) is 0 Å². The number of allylic oxidation sites excluding steroid dienone is 1. The average Bonchev–Trinajstić information content (AvgIpc) is 3.01. The van der Waals surface area contributed by atoms with Crippen LogP contribution in [0.4, 0.5) is 0 Å². The molecule has 2 rings (SSSR count). The molecule has 3 nitrogen and oxygen atoms in total. The monoisotopic (exact) mass is 302 g/mol. The van der Waals surface area contributed by atoms with E-state index in [-0.39, 0.29) is 0 Å². The van der Waals surface area contributed by atoms with E-state index in [4.69, 9.17) is 9.47 Å². The van der Waals surface area contributed by atoms with E-state index in [9.17, 15) is 4.79 Å². The third-order valence-electron chi connectivity index (χ3n) is 2.87. The van der Waals surface area contributed by atoms with Crippen molar-refractivity contribution in [2.24, 2.45) is 0 Å². The summed E-state index contributed by atoms with van der Waals surface area (Å²) in [6, 6.07) is 9.64. The molecule has 0 N–H and O–H groups in total. The fraction of sp³-hybridized carbons (Fsp3) is 0.235. The molecule has 1 aromatic carbocycles. The first-order chi connectivity index (χ1) is 10.3.